The number of ketones is 3. The summed E-state index contributed by atoms with van der Waals surface area (Å²) in [4.78, 5) is 78.8. The quantitative estimate of drug-likeness (QED) is 0.0973. The number of fused-ring (bicyclic) bond motifs is 3. The number of carbonyl (C=O) groups excluding carboxylic acids is 4. The maximum absolute atomic E-state index is 14.0. The van der Waals surface area contributed by atoms with Crippen molar-refractivity contribution in [3.63, 3.8) is 0 Å². The fourth-order valence-electron chi connectivity index (χ4n) is 11.9. The van der Waals surface area contributed by atoms with E-state index >= 15 is 0 Å². The number of Topliss-reactive ketones (excluding diaryl/α,β-unsaturated/α-hetero) is 1. The Morgan fingerprint density at radius 1 is 0.922 bits per heavy atom. The van der Waals surface area contributed by atoms with Gasteiger partial charge in [0.1, 0.15) is 42.2 Å². The van der Waals surface area contributed by atoms with E-state index in [0.29, 0.717) is 43.6 Å². The first kappa shape index (κ1) is 43.4. The number of alkyl carbamates (subject to hydrolysis) is 1. The van der Waals surface area contributed by atoms with Crippen molar-refractivity contribution in [3.8, 4) is 17.2 Å². The van der Waals surface area contributed by atoms with Crippen molar-refractivity contribution in [1.29, 1.82) is 0 Å². The first-order valence-electron chi connectivity index (χ1n) is 21.8. The number of aromatic hydroxyl groups is 2. The lowest BCUT2D eigenvalue weighted by Gasteiger charge is -2.62. The van der Waals surface area contributed by atoms with Crippen molar-refractivity contribution in [3.05, 3.63) is 63.2 Å². The smallest absolute Gasteiger partial charge is 0.407 e. The fourth-order valence-corrected chi connectivity index (χ4v) is 11.9. The van der Waals surface area contributed by atoms with Crippen LogP contribution in [-0.2, 0) is 45.0 Å². The summed E-state index contributed by atoms with van der Waals surface area (Å²) < 4.78 is 23.2. The molecule has 2 aromatic carbocycles. The summed E-state index contributed by atoms with van der Waals surface area (Å²) in [5, 5.41) is 69.9. The maximum Gasteiger partial charge on any atom is 0.407 e. The van der Waals surface area contributed by atoms with Crippen molar-refractivity contribution in [2.24, 2.45) is 17.8 Å². The van der Waals surface area contributed by atoms with E-state index in [1.165, 1.54) is 32.2 Å². The number of ether oxygens (including phenoxy) is 4. The van der Waals surface area contributed by atoms with Crippen LogP contribution in [0.15, 0.2) is 29.8 Å². The normalized spacial score (nSPS) is 38.3. The molecule has 6 fully saturated rings. The molecule has 1 amide bonds. The number of phenols is 2. The van der Waals surface area contributed by atoms with Crippen LogP contribution in [0.3, 0.4) is 0 Å². The van der Waals surface area contributed by atoms with Gasteiger partial charge in [-0.05, 0) is 63.9 Å². The monoisotopic (exact) mass is 893 g/mol. The number of allylic oxidation sites excluding steroid dienone is 1. The number of hydrogen-bond donors (Lipinski definition) is 7. The number of amides is 1. The third-order valence-electron chi connectivity index (χ3n) is 14.9. The Morgan fingerprint density at radius 2 is 1.64 bits per heavy atom. The predicted octanol–water partition coefficient (Wildman–Crippen LogP) is 2.75. The number of rotatable bonds is 8. The van der Waals surface area contributed by atoms with Gasteiger partial charge >= 0.3 is 6.09 Å². The van der Waals surface area contributed by atoms with Gasteiger partial charge in [-0.25, -0.2) is 4.79 Å². The Bertz CT molecular complexity index is 2320. The Hall–Kier alpha value is -4.54. The lowest BCUT2D eigenvalue weighted by molar-refractivity contribution is -0.673. The average Bonchev–Trinajstić information content (AvgIpc) is 3.26. The Morgan fingerprint density at radius 3 is 2.33 bits per heavy atom. The summed E-state index contributed by atoms with van der Waals surface area (Å²) in [6, 6.07) is 3.24. The molecule has 2 heterocycles. The standard InChI is InChI=1S/C45H51NO18/c1-20-36(49)27(46-41(54)58-19-22-6-3-4-9-44(22)61-63-45(64-62-44)23-10-21-11-24(45)15-42(55,13-21)14-23)12-31(59-20)60-29-17-43(56,30(48)18-47)16-26-33(29)40(53)35-34(38(26)51)37(50)25-7-5-8-28(57-2)32(25)39(35)52/h5-8,20-21,23-24,27,29,31,36,47,49,51,53,55-56H,3-4,9-19H2,1-2H3,(H,46,54)/t20-,21?,23?,24?,27?,29-,31-,36+,42?,43-,44?,45?/m1/s1. The number of phenolic OH excluding ortho intramolecular Hbond substituents is 2. The van der Waals surface area contributed by atoms with E-state index in [4.69, 9.17) is 38.5 Å². The van der Waals surface area contributed by atoms with Crippen LogP contribution in [0.5, 0.6) is 17.2 Å². The highest BCUT2D eigenvalue weighted by atomic mass is 17.4. The zero-order valence-electron chi connectivity index (χ0n) is 35.2. The lowest BCUT2D eigenvalue weighted by Crippen LogP contribution is -2.68. The molecule has 9 aliphatic rings. The summed E-state index contributed by atoms with van der Waals surface area (Å²) in [6.45, 7) is 0.123. The molecule has 4 saturated carbocycles. The molecule has 8 atom stereocenters. The highest BCUT2D eigenvalue weighted by Gasteiger charge is 2.68. The zero-order valence-corrected chi connectivity index (χ0v) is 35.2. The molecule has 7 N–H and O–H groups in total. The first-order valence-corrected chi connectivity index (χ1v) is 21.8. The van der Waals surface area contributed by atoms with Gasteiger partial charge in [-0.1, -0.05) is 18.2 Å². The van der Waals surface area contributed by atoms with Gasteiger partial charge in [0.15, 0.2) is 17.9 Å². The van der Waals surface area contributed by atoms with E-state index in [1.54, 1.807) is 0 Å². The fraction of sp³-hybridized carbons (Fsp3) is 0.600. The largest absolute Gasteiger partial charge is 0.507 e. The number of hydrogen-bond acceptors (Lipinski definition) is 18. The van der Waals surface area contributed by atoms with Crippen LogP contribution in [0.4, 0.5) is 4.79 Å². The van der Waals surface area contributed by atoms with Gasteiger partial charge < -0.3 is 54.9 Å². The number of benzene rings is 2. The Labute approximate surface area is 366 Å². The molecular formula is C45H51NO18. The van der Waals surface area contributed by atoms with Crippen molar-refractivity contribution in [1.82, 2.24) is 5.32 Å². The molecule has 19 nitrogen and oxygen atoms in total. The van der Waals surface area contributed by atoms with Crippen LogP contribution in [-0.4, -0.2) is 122 Å². The van der Waals surface area contributed by atoms with Gasteiger partial charge in [0.05, 0.1) is 47.7 Å². The molecule has 7 aliphatic carbocycles. The highest BCUT2D eigenvalue weighted by molar-refractivity contribution is 6.31. The van der Waals surface area contributed by atoms with Crippen LogP contribution in [0.25, 0.3) is 0 Å². The van der Waals surface area contributed by atoms with Crippen molar-refractivity contribution < 1.29 is 88.3 Å². The van der Waals surface area contributed by atoms with Gasteiger partial charge in [0.2, 0.25) is 11.6 Å². The molecule has 11 rings (SSSR count). The lowest BCUT2D eigenvalue weighted by atomic mass is 9.51. The molecule has 2 aliphatic heterocycles. The number of aliphatic hydroxyl groups is 4. The van der Waals surface area contributed by atoms with E-state index in [2.05, 4.69) is 5.32 Å². The van der Waals surface area contributed by atoms with E-state index in [9.17, 15) is 49.8 Å². The topological polar surface area (TPSA) is 276 Å². The molecule has 2 saturated heterocycles. The molecule has 2 aromatic rings. The van der Waals surface area contributed by atoms with Crippen molar-refractivity contribution >= 4 is 23.4 Å². The molecule has 64 heavy (non-hydrogen) atoms. The van der Waals surface area contributed by atoms with Gasteiger partial charge in [-0.2, -0.15) is 19.6 Å². The molecule has 344 valence electrons. The third-order valence-corrected chi connectivity index (χ3v) is 14.9. The second kappa shape index (κ2) is 15.5. The molecule has 4 bridgehead atoms. The Kier molecular flexibility index (Phi) is 10.5. The van der Waals surface area contributed by atoms with E-state index in [0.717, 1.165) is 19.3 Å². The van der Waals surface area contributed by atoms with Gasteiger partial charge in [-0.15, -0.1) is 0 Å². The highest BCUT2D eigenvalue weighted by Crippen LogP contribution is 2.63. The second-order valence-corrected chi connectivity index (χ2v) is 18.8. The SMILES string of the molecule is COc1cccc2c1C(=O)c1c(O)c3c(c(O)c1C2=O)C[C@](O)(C(=O)CO)C[C@H]3O[C@@H]1CC(NC(=O)OCC2=CCCCC23OOC2(OO3)C3CC4CC2CC(O)(C4)C3)[C@@H](O)[C@@H](C)O1. The summed E-state index contributed by atoms with van der Waals surface area (Å²) in [5.41, 5.74) is -4.46. The minimum Gasteiger partial charge on any atom is -0.507 e. The van der Waals surface area contributed by atoms with Crippen LogP contribution >= 0.6 is 0 Å². The molecule has 0 radical (unpaired) electrons. The summed E-state index contributed by atoms with van der Waals surface area (Å²) in [5.74, 6) is -6.62. The average molecular weight is 894 g/mol. The molecule has 3 unspecified atom stereocenters. The van der Waals surface area contributed by atoms with Crippen LogP contribution < -0.4 is 10.1 Å². The van der Waals surface area contributed by atoms with E-state index in [1.807, 2.05) is 6.08 Å². The number of aliphatic hydroxyl groups excluding tert-OH is 2. The zero-order chi connectivity index (χ0) is 45.1. The summed E-state index contributed by atoms with van der Waals surface area (Å²) in [6.07, 6.45) is -0.556. The number of carbonyl (C=O) groups is 4. The molecule has 19 heteroatoms. The van der Waals surface area contributed by atoms with Gasteiger partial charge in [0, 0.05) is 59.8 Å². The minimum atomic E-state index is -2.37. The third kappa shape index (κ3) is 6.69. The van der Waals surface area contributed by atoms with E-state index < -0.39 is 119 Å². The van der Waals surface area contributed by atoms with Crippen molar-refractivity contribution in [2.75, 3.05) is 20.3 Å². The van der Waals surface area contributed by atoms with Crippen LogP contribution in [0.2, 0.25) is 0 Å². The molecular weight excluding hydrogens is 842 g/mol. The van der Waals surface area contributed by atoms with E-state index in [-0.39, 0.29) is 52.9 Å². The molecule has 0 aromatic heterocycles. The van der Waals surface area contributed by atoms with Crippen LogP contribution in [0.1, 0.15) is 120 Å². The predicted molar refractivity (Wildman–Crippen MR) is 212 cm³/mol. The Balaban J connectivity index is 0.853. The number of methoxy groups -OCH3 is 1. The summed E-state index contributed by atoms with van der Waals surface area (Å²) in [7, 11) is 1.30. The summed E-state index contributed by atoms with van der Waals surface area (Å²) >= 11 is 0. The minimum absolute atomic E-state index is 0.0511. The van der Waals surface area contributed by atoms with Gasteiger partial charge in [-0.3, -0.25) is 14.4 Å². The van der Waals surface area contributed by atoms with Crippen LogP contribution in [0, 0.1) is 17.8 Å². The second-order valence-electron chi connectivity index (χ2n) is 18.8. The first-order chi connectivity index (χ1) is 30.5. The maximum atomic E-state index is 14.0. The van der Waals surface area contributed by atoms with Gasteiger partial charge in [0.25, 0.3) is 5.79 Å². The van der Waals surface area contributed by atoms with Crippen molar-refractivity contribution in [2.45, 2.75) is 131 Å². The molecule has 2 spiro atoms. The number of nitrogens with one attached hydrogen (secondary N) is 1.